The van der Waals surface area contributed by atoms with E-state index in [1.54, 1.807) is 6.08 Å². The third kappa shape index (κ3) is 9.86. The predicted molar refractivity (Wildman–Crippen MR) is 121 cm³/mol. The number of hydrogen-bond donors (Lipinski definition) is 0. The number of aryl methyl sites for hydroxylation is 1. The van der Waals surface area contributed by atoms with Gasteiger partial charge in [-0.05, 0) is 49.0 Å². The van der Waals surface area contributed by atoms with Crippen molar-refractivity contribution < 1.29 is 18.8 Å². The summed E-state index contributed by atoms with van der Waals surface area (Å²) in [5, 5.41) is 0. The minimum atomic E-state index is -1.77. The van der Waals surface area contributed by atoms with E-state index < -0.39 is 8.32 Å². The Morgan fingerprint density at radius 1 is 0.966 bits per heavy atom. The lowest BCUT2D eigenvalue weighted by Gasteiger charge is -2.32. The largest absolute Gasteiger partial charge is 0.466 e. The highest BCUT2D eigenvalue weighted by Crippen LogP contribution is 2.25. The Morgan fingerprint density at radius 3 is 2.10 bits per heavy atom. The van der Waals surface area contributed by atoms with Crippen molar-refractivity contribution in [3.8, 4) is 0 Å². The molecule has 4 nitrogen and oxygen atoms in total. The zero-order chi connectivity index (χ0) is 21.5. The number of ketones is 1. The van der Waals surface area contributed by atoms with E-state index in [2.05, 4.69) is 25.5 Å². The van der Waals surface area contributed by atoms with Crippen molar-refractivity contribution in [2.75, 3.05) is 7.11 Å². The smallest absolute Gasteiger partial charge is 0.330 e. The molecular weight excluding hydrogens is 380 g/mol. The van der Waals surface area contributed by atoms with E-state index in [9.17, 15) is 9.59 Å². The van der Waals surface area contributed by atoms with Gasteiger partial charge in [-0.25, -0.2) is 4.79 Å². The van der Waals surface area contributed by atoms with Crippen molar-refractivity contribution >= 4 is 20.1 Å². The molecule has 0 aliphatic heterocycles. The van der Waals surface area contributed by atoms with Crippen LogP contribution in [0.4, 0.5) is 0 Å². The fourth-order valence-corrected chi connectivity index (χ4v) is 6.18. The van der Waals surface area contributed by atoms with Gasteiger partial charge in [-0.3, -0.25) is 4.79 Å². The summed E-state index contributed by atoms with van der Waals surface area (Å²) >= 11 is 0. The maximum absolute atomic E-state index is 12.2. The van der Waals surface area contributed by atoms with Crippen molar-refractivity contribution in [2.24, 2.45) is 0 Å². The molecule has 0 radical (unpaired) electrons. The van der Waals surface area contributed by atoms with Crippen LogP contribution in [0.25, 0.3) is 0 Å². The molecule has 0 unspecified atom stereocenters. The fraction of sp³-hybridized carbons (Fsp3) is 0.500. The van der Waals surface area contributed by atoms with Gasteiger partial charge in [-0.15, -0.1) is 0 Å². The number of methoxy groups -OCH3 is 1. The van der Waals surface area contributed by atoms with E-state index in [1.807, 2.05) is 42.5 Å². The van der Waals surface area contributed by atoms with Crippen molar-refractivity contribution in [1.82, 2.24) is 0 Å². The first-order valence-electron chi connectivity index (χ1n) is 10.6. The van der Waals surface area contributed by atoms with Gasteiger partial charge in [0.05, 0.1) is 13.2 Å². The first kappa shape index (κ1) is 25.1. The van der Waals surface area contributed by atoms with Gasteiger partial charge >= 0.3 is 5.97 Å². The zero-order valence-electron chi connectivity index (χ0n) is 18.4. The van der Waals surface area contributed by atoms with E-state index in [1.165, 1.54) is 18.7 Å². The Bertz CT molecular complexity index is 654. The fourth-order valence-electron chi connectivity index (χ4n) is 3.28. The van der Waals surface area contributed by atoms with E-state index in [4.69, 9.17) is 4.43 Å². The molecule has 160 valence electrons. The molecule has 1 atom stereocenters. The van der Waals surface area contributed by atoms with Crippen molar-refractivity contribution in [2.45, 2.75) is 70.7 Å². The monoisotopic (exact) mass is 416 g/mol. The molecule has 0 heterocycles. The first-order chi connectivity index (χ1) is 14.0. The van der Waals surface area contributed by atoms with E-state index in [-0.39, 0.29) is 17.9 Å². The minimum absolute atomic E-state index is 0.0272. The van der Waals surface area contributed by atoms with E-state index >= 15 is 0 Å². The number of rotatable bonds is 14. The number of esters is 1. The van der Waals surface area contributed by atoms with E-state index in [0.29, 0.717) is 19.3 Å². The molecule has 0 bridgehead atoms. The van der Waals surface area contributed by atoms with Crippen LogP contribution in [0.1, 0.15) is 45.6 Å². The number of hydrogen-bond acceptors (Lipinski definition) is 4. The molecule has 0 aliphatic rings. The molecule has 29 heavy (non-hydrogen) atoms. The summed E-state index contributed by atoms with van der Waals surface area (Å²) in [7, 11) is -0.403. The van der Waals surface area contributed by atoms with Gasteiger partial charge in [0.25, 0.3) is 0 Å². The minimum Gasteiger partial charge on any atom is -0.466 e. The summed E-state index contributed by atoms with van der Waals surface area (Å²) in [5.41, 5.74) is 1.17. The topological polar surface area (TPSA) is 52.6 Å². The van der Waals surface area contributed by atoms with Gasteiger partial charge in [-0.2, -0.15) is 0 Å². The lowest BCUT2D eigenvalue weighted by atomic mass is 10.1. The van der Waals surface area contributed by atoms with Crippen molar-refractivity contribution in [3.63, 3.8) is 0 Å². The second-order valence-corrected chi connectivity index (χ2v) is 12.0. The maximum Gasteiger partial charge on any atom is 0.330 e. The number of carbonyl (C=O) groups excluding carboxylic acids is 2. The first-order valence-corrected chi connectivity index (χ1v) is 13.2. The number of carbonyl (C=O) groups is 2. The molecule has 0 aliphatic carbocycles. The lowest BCUT2D eigenvalue weighted by Crippen LogP contribution is -2.39. The molecule has 1 aromatic carbocycles. The van der Waals surface area contributed by atoms with Gasteiger partial charge in [0, 0.05) is 12.5 Å². The third-order valence-electron chi connectivity index (χ3n) is 5.41. The summed E-state index contributed by atoms with van der Waals surface area (Å²) < 4.78 is 11.2. The summed E-state index contributed by atoms with van der Waals surface area (Å²) in [5.74, 6) is -0.233. The number of allylic oxidation sites excluding steroid dienone is 1. The lowest BCUT2D eigenvalue weighted by molar-refractivity contribution is -0.134. The highest BCUT2D eigenvalue weighted by atomic mass is 28.4. The van der Waals surface area contributed by atoms with Crippen LogP contribution in [-0.4, -0.2) is 33.3 Å². The van der Waals surface area contributed by atoms with Crippen molar-refractivity contribution in [1.29, 1.82) is 0 Å². The molecule has 1 aromatic rings. The molecule has 0 saturated heterocycles. The van der Waals surface area contributed by atoms with Crippen LogP contribution >= 0.6 is 0 Å². The summed E-state index contributed by atoms with van der Waals surface area (Å²) in [4.78, 5) is 23.5. The van der Waals surface area contributed by atoms with Crippen LogP contribution in [0, 0.1) is 0 Å². The molecule has 0 aromatic heterocycles. The van der Waals surface area contributed by atoms with Crippen LogP contribution in [0.2, 0.25) is 18.1 Å². The van der Waals surface area contributed by atoms with E-state index in [0.717, 1.165) is 24.6 Å². The molecule has 0 spiro atoms. The highest BCUT2D eigenvalue weighted by molar-refractivity contribution is 6.73. The Kier molecular flexibility index (Phi) is 12.2. The average Bonchev–Trinajstić information content (AvgIpc) is 2.76. The molecular formula is C24H36O4Si. The second kappa shape index (κ2) is 14.1. The van der Waals surface area contributed by atoms with Gasteiger partial charge in [0.1, 0.15) is 0 Å². The van der Waals surface area contributed by atoms with Gasteiger partial charge in [-0.1, -0.05) is 63.3 Å². The van der Waals surface area contributed by atoms with Crippen LogP contribution < -0.4 is 0 Å². The van der Waals surface area contributed by atoms with Gasteiger partial charge in [0.15, 0.2) is 14.1 Å². The average molecular weight is 417 g/mol. The number of benzene rings is 1. The molecule has 0 amide bonds. The second-order valence-electron chi connectivity index (χ2n) is 7.23. The Balaban J connectivity index is 2.66. The highest BCUT2D eigenvalue weighted by Gasteiger charge is 2.31. The molecule has 0 fully saturated rings. The molecule has 5 heteroatoms. The quantitative estimate of drug-likeness (QED) is 0.224. The third-order valence-corrected chi connectivity index (χ3v) is 10.1. The van der Waals surface area contributed by atoms with Crippen LogP contribution in [-0.2, 0) is 25.2 Å². The SMILES string of the molecule is CC[Si](CC)(CC)O[C@@H](C/C=C\C(=O)OC)C/C=C/C(=O)CCc1ccccc1. The Morgan fingerprint density at radius 2 is 1.55 bits per heavy atom. The Hall–Kier alpha value is -1.98. The van der Waals surface area contributed by atoms with Gasteiger partial charge < -0.3 is 9.16 Å². The van der Waals surface area contributed by atoms with Crippen molar-refractivity contribution in [3.05, 3.63) is 60.2 Å². The van der Waals surface area contributed by atoms with Crippen LogP contribution in [0.5, 0.6) is 0 Å². The normalized spacial score (nSPS) is 13.1. The molecule has 0 N–H and O–H groups in total. The summed E-state index contributed by atoms with van der Waals surface area (Å²) in [6, 6.07) is 13.2. The predicted octanol–water partition coefficient (Wildman–Crippen LogP) is 5.64. The molecule has 1 rings (SSSR count). The molecule has 0 saturated carbocycles. The number of ether oxygens (including phenoxy) is 1. The van der Waals surface area contributed by atoms with Gasteiger partial charge in [0.2, 0.25) is 0 Å². The van der Waals surface area contributed by atoms with Crippen LogP contribution in [0.3, 0.4) is 0 Å². The maximum atomic E-state index is 12.2. The zero-order valence-corrected chi connectivity index (χ0v) is 19.4. The summed E-state index contributed by atoms with van der Waals surface area (Å²) in [6.45, 7) is 6.59. The summed E-state index contributed by atoms with van der Waals surface area (Å²) in [6.07, 6.45) is 9.37. The Labute approximate surface area is 177 Å². The standard InChI is InChI=1S/C24H36O4Si/c1-5-29(6-2,7-3)28-23(17-12-18-24(26)27-4)16-11-15-22(25)20-19-21-13-9-8-10-14-21/h8-15,18,23H,5-7,16-17,19-20H2,1-4H3/b15-11+,18-12-/t23-/m1/s1. The van der Waals surface area contributed by atoms with Crippen LogP contribution in [0.15, 0.2) is 54.6 Å².